The summed E-state index contributed by atoms with van der Waals surface area (Å²) in [6, 6.07) is 27.1. The van der Waals surface area contributed by atoms with E-state index in [1.165, 1.54) is 10.8 Å². The molecule has 2 aliphatic rings. The van der Waals surface area contributed by atoms with E-state index in [0.29, 0.717) is 11.5 Å². The Morgan fingerprint density at radius 2 is 1.71 bits per heavy atom. The fraction of sp³-hybridized carbons (Fsp3) is 0.179. The van der Waals surface area contributed by atoms with Crippen LogP contribution in [0.4, 0.5) is 0 Å². The fourth-order valence-electron chi connectivity index (χ4n) is 4.83. The number of ether oxygens (including phenoxy) is 3. The molecule has 0 aromatic heterocycles. The molecule has 0 amide bonds. The third-order valence-electron chi connectivity index (χ3n) is 6.53. The second-order valence-electron chi connectivity index (χ2n) is 8.48. The van der Waals surface area contributed by atoms with E-state index in [1.807, 2.05) is 30.3 Å². The van der Waals surface area contributed by atoms with Crippen molar-refractivity contribution < 1.29 is 14.2 Å². The maximum absolute atomic E-state index is 6.52. The number of halogens is 1. The van der Waals surface area contributed by atoms with Gasteiger partial charge >= 0.3 is 0 Å². The molecule has 34 heavy (non-hydrogen) atoms. The van der Waals surface area contributed by atoms with Crippen LogP contribution in [0.3, 0.4) is 0 Å². The van der Waals surface area contributed by atoms with Crippen molar-refractivity contribution in [3.8, 4) is 17.2 Å². The lowest BCUT2D eigenvalue weighted by atomic mass is 9.95. The standard InChI is InChI=1S/C28H23BrN2O3/c1-32-26-11-9-20(14-27(26)33-2)28-31-24(22-15-21(29)10-12-25(22)34-28)16-23(30-31)19-8-7-17-5-3-4-6-18(17)13-19/h3-15,24,28H,16H2,1-2H3/t24-,28-/m0/s1. The number of methoxy groups -OCH3 is 2. The lowest BCUT2D eigenvalue weighted by Gasteiger charge is -2.38. The topological polar surface area (TPSA) is 43.3 Å². The molecule has 0 bridgehead atoms. The van der Waals surface area contributed by atoms with Crippen molar-refractivity contribution >= 4 is 32.4 Å². The zero-order valence-electron chi connectivity index (χ0n) is 18.9. The van der Waals surface area contributed by atoms with Crippen molar-refractivity contribution in [2.45, 2.75) is 18.7 Å². The third kappa shape index (κ3) is 3.49. The van der Waals surface area contributed by atoms with Crippen molar-refractivity contribution in [1.29, 1.82) is 0 Å². The molecular formula is C28H23BrN2O3. The molecule has 2 atom stereocenters. The molecule has 0 N–H and O–H groups in total. The maximum atomic E-state index is 6.52. The maximum Gasteiger partial charge on any atom is 0.214 e. The number of hydrogen-bond acceptors (Lipinski definition) is 5. The Morgan fingerprint density at radius 3 is 2.53 bits per heavy atom. The monoisotopic (exact) mass is 514 g/mol. The van der Waals surface area contributed by atoms with Crippen LogP contribution in [0.2, 0.25) is 0 Å². The Hall–Kier alpha value is -3.51. The van der Waals surface area contributed by atoms with Gasteiger partial charge in [-0.15, -0.1) is 0 Å². The quantitative estimate of drug-likeness (QED) is 0.298. The van der Waals surface area contributed by atoms with Crippen LogP contribution >= 0.6 is 15.9 Å². The molecule has 0 saturated carbocycles. The van der Waals surface area contributed by atoms with Gasteiger partial charge in [0.2, 0.25) is 6.23 Å². The van der Waals surface area contributed by atoms with Crippen LogP contribution in [0.25, 0.3) is 10.8 Å². The normalized spacial score (nSPS) is 18.7. The lowest BCUT2D eigenvalue weighted by Crippen LogP contribution is -2.33. The van der Waals surface area contributed by atoms with Gasteiger partial charge in [0.25, 0.3) is 0 Å². The first-order valence-electron chi connectivity index (χ1n) is 11.2. The number of fused-ring (bicyclic) bond motifs is 4. The third-order valence-corrected chi connectivity index (χ3v) is 7.02. The van der Waals surface area contributed by atoms with Gasteiger partial charge in [0.1, 0.15) is 5.75 Å². The van der Waals surface area contributed by atoms with Crippen LogP contribution in [0, 0.1) is 0 Å². The van der Waals surface area contributed by atoms with Gasteiger partial charge in [-0.3, -0.25) is 0 Å². The Balaban J connectivity index is 1.45. The second kappa shape index (κ2) is 8.37. The number of hydrazone groups is 1. The summed E-state index contributed by atoms with van der Waals surface area (Å²) in [4.78, 5) is 0. The van der Waals surface area contributed by atoms with Crippen molar-refractivity contribution in [3.63, 3.8) is 0 Å². The summed E-state index contributed by atoms with van der Waals surface area (Å²) in [7, 11) is 3.28. The molecule has 170 valence electrons. The van der Waals surface area contributed by atoms with Gasteiger partial charge in [-0.2, -0.15) is 5.10 Å². The van der Waals surface area contributed by atoms with E-state index in [0.717, 1.165) is 39.0 Å². The minimum atomic E-state index is -0.378. The highest BCUT2D eigenvalue weighted by Gasteiger charge is 2.41. The predicted molar refractivity (Wildman–Crippen MR) is 137 cm³/mol. The molecule has 5 nitrogen and oxygen atoms in total. The number of hydrogen-bond donors (Lipinski definition) is 0. The molecule has 0 unspecified atom stereocenters. The minimum Gasteiger partial charge on any atom is -0.493 e. The molecule has 2 heterocycles. The van der Waals surface area contributed by atoms with Crippen molar-refractivity contribution in [2.24, 2.45) is 5.10 Å². The van der Waals surface area contributed by atoms with E-state index in [-0.39, 0.29) is 12.3 Å². The Morgan fingerprint density at radius 1 is 0.882 bits per heavy atom. The molecule has 0 saturated heterocycles. The molecule has 2 aliphatic heterocycles. The molecule has 0 spiro atoms. The molecule has 0 fully saturated rings. The molecular weight excluding hydrogens is 492 g/mol. The van der Waals surface area contributed by atoms with Crippen molar-refractivity contribution in [3.05, 3.63) is 100 Å². The highest BCUT2D eigenvalue weighted by Crippen LogP contribution is 2.49. The van der Waals surface area contributed by atoms with E-state index in [4.69, 9.17) is 19.3 Å². The van der Waals surface area contributed by atoms with Crippen LogP contribution in [0.1, 0.15) is 35.4 Å². The summed E-state index contributed by atoms with van der Waals surface area (Å²) >= 11 is 3.63. The van der Waals surface area contributed by atoms with Crippen molar-refractivity contribution in [1.82, 2.24) is 5.01 Å². The largest absolute Gasteiger partial charge is 0.493 e. The second-order valence-corrected chi connectivity index (χ2v) is 9.39. The molecule has 0 aliphatic carbocycles. The minimum absolute atomic E-state index is 0.0702. The summed E-state index contributed by atoms with van der Waals surface area (Å²) in [5.41, 5.74) is 4.28. The van der Waals surface area contributed by atoms with Gasteiger partial charge in [-0.05, 0) is 58.8 Å². The lowest BCUT2D eigenvalue weighted by molar-refractivity contribution is -0.0192. The van der Waals surface area contributed by atoms with Crippen LogP contribution in [0.5, 0.6) is 17.2 Å². The number of benzene rings is 4. The van der Waals surface area contributed by atoms with Crippen LogP contribution in [-0.2, 0) is 0 Å². The summed E-state index contributed by atoms with van der Waals surface area (Å²) < 4.78 is 18.5. The van der Waals surface area contributed by atoms with Gasteiger partial charge in [0, 0.05) is 22.0 Å². The summed E-state index contributed by atoms with van der Waals surface area (Å²) in [6.07, 6.45) is 0.422. The highest BCUT2D eigenvalue weighted by atomic mass is 79.9. The number of nitrogens with zero attached hydrogens (tertiary/aromatic N) is 2. The smallest absolute Gasteiger partial charge is 0.214 e. The summed E-state index contributed by atoms with van der Waals surface area (Å²) in [5, 5.41) is 9.63. The van der Waals surface area contributed by atoms with Crippen LogP contribution in [0.15, 0.2) is 88.4 Å². The molecule has 0 radical (unpaired) electrons. The van der Waals surface area contributed by atoms with Gasteiger partial charge in [-0.25, -0.2) is 5.01 Å². The van der Waals surface area contributed by atoms with Gasteiger partial charge < -0.3 is 14.2 Å². The zero-order chi connectivity index (χ0) is 23.2. The van der Waals surface area contributed by atoms with E-state index < -0.39 is 0 Å². The predicted octanol–water partition coefficient (Wildman–Crippen LogP) is 6.86. The first kappa shape index (κ1) is 21.1. The Kier molecular flexibility index (Phi) is 5.18. The Labute approximate surface area is 206 Å². The molecule has 6 heteroatoms. The van der Waals surface area contributed by atoms with Gasteiger partial charge in [-0.1, -0.05) is 52.3 Å². The highest BCUT2D eigenvalue weighted by molar-refractivity contribution is 9.10. The van der Waals surface area contributed by atoms with E-state index in [1.54, 1.807) is 14.2 Å². The average Bonchev–Trinajstić information content (AvgIpc) is 3.33. The summed E-state index contributed by atoms with van der Waals surface area (Å²) in [5.74, 6) is 2.23. The van der Waals surface area contributed by atoms with E-state index in [9.17, 15) is 0 Å². The summed E-state index contributed by atoms with van der Waals surface area (Å²) in [6.45, 7) is 0. The molecule has 4 aromatic carbocycles. The molecule has 4 aromatic rings. The first-order valence-corrected chi connectivity index (χ1v) is 12.0. The van der Waals surface area contributed by atoms with Gasteiger partial charge in [0.15, 0.2) is 11.5 Å². The SMILES string of the molecule is COc1ccc([C@@H]2Oc3ccc(Br)cc3[C@@H]3CC(c4ccc5ccccc5c4)=NN32)cc1OC. The Bertz CT molecular complexity index is 1430. The number of rotatable bonds is 4. The van der Waals surface area contributed by atoms with Crippen molar-refractivity contribution in [2.75, 3.05) is 14.2 Å². The fourth-order valence-corrected chi connectivity index (χ4v) is 5.21. The van der Waals surface area contributed by atoms with Gasteiger partial charge in [0.05, 0.1) is 26.0 Å². The average molecular weight is 515 g/mol. The first-order chi connectivity index (χ1) is 16.6. The van der Waals surface area contributed by atoms with E-state index in [2.05, 4.69) is 69.5 Å². The van der Waals surface area contributed by atoms with E-state index >= 15 is 0 Å². The zero-order valence-corrected chi connectivity index (χ0v) is 20.5. The van der Waals surface area contributed by atoms with Crippen LogP contribution in [-0.4, -0.2) is 24.9 Å². The van der Waals surface area contributed by atoms with Crippen LogP contribution < -0.4 is 14.2 Å². The molecule has 6 rings (SSSR count).